The van der Waals surface area contributed by atoms with Crippen molar-refractivity contribution in [3.8, 4) is 6.07 Å². The van der Waals surface area contributed by atoms with E-state index in [9.17, 15) is 0 Å². The fraction of sp³-hybridized carbons (Fsp3) is 0. The molecule has 0 aliphatic rings. The summed E-state index contributed by atoms with van der Waals surface area (Å²) in [5.41, 5.74) is 0.831. The molecule has 0 N–H and O–H groups in total. The van der Waals surface area contributed by atoms with Gasteiger partial charge in [0.15, 0.2) is 0 Å². The first-order valence-corrected chi connectivity index (χ1v) is 3.02. The fourth-order valence-electron chi connectivity index (χ4n) is 0.434. The second-order valence-electron chi connectivity index (χ2n) is 1.39. The van der Waals surface area contributed by atoms with E-state index in [1.165, 1.54) is 11.3 Å². The average Bonchev–Trinajstić information content (AvgIpc) is 2.14. The van der Waals surface area contributed by atoms with E-state index in [0.29, 0.717) is 4.88 Å². The van der Waals surface area contributed by atoms with Crippen LogP contribution in [0.4, 0.5) is 0 Å². The van der Waals surface area contributed by atoms with E-state index in [2.05, 4.69) is 6.92 Å². The van der Waals surface area contributed by atoms with Gasteiger partial charge < -0.3 is 0 Å². The Hall–Kier alpha value is -0.810. The maximum Gasteiger partial charge on any atom is 0.110 e. The van der Waals surface area contributed by atoms with E-state index in [1.807, 2.05) is 17.5 Å². The van der Waals surface area contributed by atoms with Crippen LogP contribution in [0.25, 0.3) is 0 Å². The zero-order valence-electron chi connectivity index (χ0n) is 4.22. The summed E-state index contributed by atoms with van der Waals surface area (Å²) in [6, 6.07) is 3.87. The zero-order chi connectivity index (χ0) is 5.98. The molecule has 0 aliphatic heterocycles. The van der Waals surface area contributed by atoms with Gasteiger partial charge in [-0.1, -0.05) is 0 Å². The molecule has 1 nitrogen and oxygen atoms in total. The van der Waals surface area contributed by atoms with Crippen LogP contribution in [0.1, 0.15) is 10.4 Å². The van der Waals surface area contributed by atoms with Crippen molar-refractivity contribution in [2.75, 3.05) is 0 Å². The van der Waals surface area contributed by atoms with Gasteiger partial charge in [0.05, 0.1) is 0 Å². The number of rotatable bonds is 0. The first-order valence-electron chi connectivity index (χ1n) is 2.14. The quantitative estimate of drug-likeness (QED) is 0.514. The summed E-state index contributed by atoms with van der Waals surface area (Å²) in [5, 5.41) is 10.2. The van der Waals surface area contributed by atoms with Crippen molar-refractivity contribution in [3.05, 3.63) is 28.8 Å². The lowest BCUT2D eigenvalue weighted by atomic mass is 10.3. The van der Waals surface area contributed by atoms with Gasteiger partial charge in [0.2, 0.25) is 0 Å². The number of nitrogens with zero attached hydrogens (tertiary/aromatic N) is 1. The zero-order valence-corrected chi connectivity index (χ0v) is 5.03. The Morgan fingerprint density at radius 1 is 1.75 bits per heavy atom. The third-order valence-electron chi connectivity index (χ3n) is 0.848. The molecule has 0 aromatic carbocycles. The minimum Gasteiger partial charge on any atom is -0.192 e. The monoisotopic (exact) mass is 122 g/mol. The molecule has 39 valence electrons. The van der Waals surface area contributed by atoms with Crippen molar-refractivity contribution in [1.82, 2.24) is 0 Å². The van der Waals surface area contributed by atoms with Gasteiger partial charge in [-0.05, 0) is 23.9 Å². The third kappa shape index (κ3) is 0.728. The second kappa shape index (κ2) is 1.97. The lowest BCUT2D eigenvalue weighted by molar-refractivity contribution is 1.51. The van der Waals surface area contributed by atoms with Crippen LogP contribution in [0.3, 0.4) is 0 Å². The van der Waals surface area contributed by atoms with Crippen molar-refractivity contribution in [1.29, 1.82) is 5.26 Å². The van der Waals surface area contributed by atoms with Crippen LogP contribution in [0.5, 0.6) is 0 Å². The summed E-state index contributed by atoms with van der Waals surface area (Å²) in [6.45, 7) is 3.64. The maximum atomic E-state index is 8.33. The summed E-state index contributed by atoms with van der Waals surface area (Å²) < 4.78 is 0. The average molecular weight is 122 g/mol. The van der Waals surface area contributed by atoms with Gasteiger partial charge in [-0.3, -0.25) is 0 Å². The van der Waals surface area contributed by atoms with E-state index < -0.39 is 0 Å². The fourth-order valence-corrected chi connectivity index (χ4v) is 1.07. The lowest BCUT2D eigenvalue weighted by Gasteiger charge is -1.76. The molecule has 0 spiro atoms. The molecule has 1 aromatic heterocycles. The highest BCUT2D eigenvalue weighted by Crippen LogP contribution is 2.12. The minimum atomic E-state index is 0.713. The Kier molecular flexibility index (Phi) is 1.32. The molecule has 1 aromatic rings. The van der Waals surface area contributed by atoms with E-state index in [1.54, 1.807) is 0 Å². The topological polar surface area (TPSA) is 23.8 Å². The van der Waals surface area contributed by atoms with E-state index in [0.717, 1.165) is 5.56 Å². The van der Waals surface area contributed by atoms with Crippen molar-refractivity contribution in [2.24, 2.45) is 0 Å². The lowest BCUT2D eigenvalue weighted by Crippen LogP contribution is -1.65. The summed E-state index contributed by atoms with van der Waals surface area (Å²) in [6.07, 6.45) is 0. The van der Waals surface area contributed by atoms with Crippen LogP contribution in [-0.2, 0) is 0 Å². The Morgan fingerprint density at radius 3 is 2.75 bits per heavy atom. The van der Waals surface area contributed by atoms with Crippen LogP contribution >= 0.6 is 11.3 Å². The summed E-state index contributed by atoms with van der Waals surface area (Å²) >= 11 is 1.43. The molecule has 0 atom stereocenters. The van der Waals surface area contributed by atoms with Crippen LogP contribution in [0, 0.1) is 18.3 Å². The molecule has 0 fully saturated rings. The smallest absolute Gasteiger partial charge is 0.110 e. The predicted octanol–water partition coefficient (Wildman–Crippen LogP) is 1.80. The SMILES string of the molecule is [CH2]c1ccsc1C#N. The number of nitriles is 1. The van der Waals surface area contributed by atoms with Gasteiger partial charge in [0.1, 0.15) is 10.9 Å². The summed E-state index contributed by atoms with van der Waals surface area (Å²) in [7, 11) is 0. The molecule has 0 saturated carbocycles. The molecule has 1 heterocycles. The Labute approximate surface area is 52.2 Å². The molecule has 1 rings (SSSR count). The number of thiophene rings is 1. The predicted molar refractivity (Wildman–Crippen MR) is 33.5 cm³/mol. The molecule has 1 radical (unpaired) electrons. The Bertz CT molecular complexity index is 219. The first kappa shape index (κ1) is 5.33. The van der Waals surface area contributed by atoms with Crippen LogP contribution in [0.15, 0.2) is 11.4 Å². The summed E-state index contributed by atoms with van der Waals surface area (Å²) in [5.74, 6) is 0. The molecule has 8 heavy (non-hydrogen) atoms. The van der Waals surface area contributed by atoms with Crippen molar-refractivity contribution < 1.29 is 0 Å². The minimum absolute atomic E-state index is 0.713. The molecule has 0 bridgehead atoms. The van der Waals surface area contributed by atoms with Crippen molar-refractivity contribution in [2.45, 2.75) is 0 Å². The van der Waals surface area contributed by atoms with E-state index in [-0.39, 0.29) is 0 Å². The highest BCUT2D eigenvalue weighted by atomic mass is 32.1. The molecule has 0 aliphatic carbocycles. The summed E-state index contributed by atoms with van der Waals surface area (Å²) in [4.78, 5) is 0.713. The van der Waals surface area contributed by atoms with Crippen LogP contribution in [0.2, 0.25) is 0 Å². The standard InChI is InChI=1S/C6H4NS/c1-5-2-3-8-6(5)4-7/h2-3H,1H2. The Balaban J connectivity index is 3.15. The number of hydrogen-bond acceptors (Lipinski definition) is 2. The highest BCUT2D eigenvalue weighted by molar-refractivity contribution is 7.10. The van der Waals surface area contributed by atoms with Gasteiger partial charge in [-0.15, -0.1) is 11.3 Å². The normalized spacial score (nSPS) is 8.50. The van der Waals surface area contributed by atoms with Gasteiger partial charge in [0, 0.05) is 0 Å². The van der Waals surface area contributed by atoms with Gasteiger partial charge in [-0.2, -0.15) is 5.26 Å². The van der Waals surface area contributed by atoms with Gasteiger partial charge in [0.25, 0.3) is 0 Å². The third-order valence-corrected chi connectivity index (χ3v) is 1.71. The molecular formula is C6H4NS. The molecule has 0 unspecified atom stereocenters. The molecule has 0 saturated heterocycles. The van der Waals surface area contributed by atoms with Gasteiger partial charge >= 0.3 is 0 Å². The van der Waals surface area contributed by atoms with E-state index in [4.69, 9.17) is 5.26 Å². The molecule has 0 amide bonds. The van der Waals surface area contributed by atoms with E-state index >= 15 is 0 Å². The largest absolute Gasteiger partial charge is 0.192 e. The highest BCUT2D eigenvalue weighted by Gasteiger charge is 1.93. The first-order chi connectivity index (χ1) is 3.84. The maximum absolute atomic E-state index is 8.33. The second-order valence-corrected chi connectivity index (χ2v) is 2.30. The van der Waals surface area contributed by atoms with Crippen LogP contribution < -0.4 is 0 Å². The molecular weight excluding hydrogens is 118 g/mol. The molecule has 2 heteroatoms. The Morgan fingerprint density at radius 2 is 2.50 bits per heavy atom. The van der Waals surface area contributed by atoms with Crippen molar-refractivity contribution in [3.63, 3.8) is 0 Å². The van der Waals surface area contributed by atoms with Crippen LogP contribution in [-0.4, -0.2) is 0 Å². The number of hydrogen-bond donors (Lipinski definition) is 0. The van der Waals surface area contributed by atoms with Crippen molar-refractivity contribution >= 4 is 11.3 Å². The van der Waals surface area contributed by atoms with Gasteiger partial charge in [-0.25, -0.2) is 0 Å².